The van der Waals surface area contributed by atoms with Crippen molar-refractivity contribution in [2.45, 2.75) is 32.8 Å². The van der Waals surface area contributed by atoms with Gasteiger partial charge in [-0.2, -0.15) is 0 Å². The van der Waals surface area contributed by atoms with Gasteiger partial charge < -0.3 is 24.8 Å². The summed E-state index contributed by atoms with van der Waals surface area (Å²) >= 11 is 6.20. The number of ether oxygens (including phenoxy) is 3. The van der Waals surface area contributed by atoms with Crippen molar-refractivity contribution in [1.82, 2.24) is 4.90 Å². The van der Waals surface area contributed by atoms with Gasteiger partial charge in [-0.25, -0.2) is 4.79 Å². The molecule has 0 aromatic heterocycles. The molecule has 1 aliphatic rings. The average molecular weight is 413 g/mol. The third-order valence-corrected chi connectivity index (χ3v) is 4.60. The SMILES string of the molecule is COc1cc(C(=O)OCC(=O)N2CCC[C@H](C(N)=O)C2)cc(Cl)c1OC(C)C. The number of piperidine rings is 1. The molecule has 1 aromatic carbocycles. The number of halogens is 1. The van der Waals surface area contributed by atoms with Crippen LogP contribution in [0.15, 0.2) is 12.1 Å². The first-order chi connectivity index (χ1) is 13.2. The Kier molecular flexibility index (Phi) is 7.51. The van der Waals surface area contributed by atoms with Gasteiger partial charge in [0.2, 0.25) is 5.91 Å². The van der Waals surface area contributed by atoms with Crippen LogP contribution in [0.4, 0.5) is 0 Å². The number of carbonyl (C=O) groups is 3. The minimum Gasteiger partial charge on any atom is -0.493 e. The number of carbonyl (C=O) groups excluding carboxylic acids is 3. The van der Waals surface area contributed by atoms with Crippen molar-refractivity contribution < 1.29 is 28.6 Å². The van der Waals surface area contributed by atoms with Gasteiger partial charge in [0.15, 0.2) is 18.1 Å². The summed E-state index contributed by atoms with van der Waals surface area (Å²) in [4.78, 5) is 37.4. The highest BCUT2D eigenvalue weighted by atomic mass is 35.5. The van der Waals surface area contributed by atoms with E-state index in [1.54, 1.807) is 0 Å². The van der Waals surface area contributed by atoms with Crippen LogP contribution in [0.1, 0.15) is 37.0 Å². The zero-order chi connectivity index (χ0) is 20.8. The number of methoxy groups -OCH3 is 1. The number of primary amides is 1. The van der Waals surface area contributed by atoms with Crippen LogP contribution in [0.5, 0.6) is 11.5 Å². The number of hydrogen-bond donors (Lipinski definition) is 1. The second kappa shape index (κ2) is 9.64. The van der Waals surface area contributed by atoms with Gasteiger partial charge in [0.05, 0.1) is 29.7 Å². The Hall–Kier alpha value is -2.48. The van der Waals surface area contributed by atoms with Gasteiger partial charge in [0.1, 0.15) is 0 Å². The third-order valence-electron chi connectivity index (χ3n) is 4.32. The summed E-state index contributed by atoms with van der Waals surface area (Å²) in [6.45, 7) is 3.99. The highest BCUT2D eigenvalue weighted by Crippen LogP contribution is 2.37. The van der Waals surface area contributed by atoms with E-state index in [2.05, 4.69) is 0 Å². The van der Waals surface area contributed by atoms with E-state index >= 15 is 0 Å². The molecule has 9 heteroatoms. The molecule has 2 rings (SSSR count). The third kappa shape index (κ3) is 5.51. The van der Waals surface area contributed by atoms with Gasteiger partial charge in [0.25, 0.3) is 5.91 Å². The van der Waals surface area contributed by atoms with E-state index < -0.39 is 18.5 Å². The number of hydrogen-bond acceptors (Lipinski definition) is 6. The van der Waals surface area contributed by atoms with Gasteiger partial charge in [-0.15, -0.1) is 0 Å². The van der Waals surface area contributed by atoms with Crippen LogP contribution in [0, 0.1) is 5.92 Å². The van der Waals surface area contributed by atoms with Crippen molar-refractivity contribution in [2.75, 3.05) is 26.8 Å². The lowest BCUT2D eigenvalue weighted by atomic mass is 9.97. The van der Waals surface area contributed by atoms with Gasteiger partial charge in [-0.05, 0) is 38.8 Å². The van der Waals surface area contributed by atoms with Crippen LogP contribution in [0.25, 0.3) is 0 Å². The highest BCUT2D eigenvalue weighted by molar-refractivity contribution is 6.32. The molecule has 8 nitrogen and oxygen atoms in total. The van der Waals surface area contributed by atoms with Crippen molar-refractivity contribution in [3.05, 3.63) is 22.7 Å². The Bertz CT molecular complexity index is 752. The second-order valence-electron chi connectivity index (χ2n) is 6.81. The molecule has 1 saturated heterocycles. The molecule has 2 N–H and O–H groups in total. The standard InChI is InChI=1S/C19H25ClN2O6/c1-11(2)28-17-14(20)7-13(8-15(17)26-3)19(25)27-10-16(23)22-6-4-5-12(9-22)18(21)24/h7-8,11-12H,4-6,9-10H2,1-3H3,(H2,21,24)/t12-/m0/s1. The number of rotatable bonds is 7. The van der Waals surface area contributed by atoms with Gasteiger partial charge >= 0.3 is 5.97 Å². The monoisotopic (exact) mass is 412 g/mol. The quantitative estimate of drug-likeness (QED) is 0.686. The Morgan fingerprint density at radius 1 is 1.32 bits per heavy atom. The highest BCUT2D eigenvalue weighted by Gasteiger charge is 2.27. The lowest BCUT2D eigenvalue weighted by molar-refractivity contribution is -0.137. The molecule has 154 valence electrons. The number of likely N-dealkylation sites (tertiary alicyclic amines) is 1. The molecule has 0 unspecified atom stereocenters. The Balaban J connectivity index is 2.01. The average Bonchev–Trinajstić information content (AvgIpc) is 2.66. The molecule has 1 aromatic rings. The predicted octanol–water partition coefficient (Wildman–Crippen LogP) is 2.02. The van der Waals surface area contributed by atoms with Crippen LogP contribution < -0.4 is 15.2 Å². The number of nitrogens with two attached hydrogens (primary N) is 1. The summed E-state index contributed by atoms with van der Waals surface area (Å²) in [6, 6.07) is 2.85. The van der Waals surface area contributed by atoms with Crippen molar-refractivity contribution in [3.63, 3.8) is 0 Å². The van der Waals surface area contributed by atoms with Crippen molar-refractivity contribution in [3.8, 4) is 11.5 Å². The minimum absolute atomic E-state index is 0.129. The zero-order valence-electron chi connectivity index (χ0n) is 16.2. The minimum atomic E-state index is -0.715. The lowest BCUT2D eigenvalue weighted by Gasteiger charge is -2.31. The van der Waals surface area contributed by atoms with E-state index in [0.717, 1.165) is 0 Å². The number of amides is 2. The molecule has 0 saturated carbocycles. The lowest BCUT2D eigenvalue weighted by Crippen LogP contribution is -2.45. The predicted molar refractivity (Wildman–Crippen MR) is 103 cm³/mol. The maximum absolute atomic E-state index is 12.3. The molecule has 0 radical (unpaired) electrons. The molecule has 1 atom stereocenters. The van der Waals surface area contributed by atoms with Crippen LogP contribution in [-0.2, 0) is 14.3 Å². The number of benzene rings is 1. The first-order valence-electron chi connectivity index (χ1n) is 9.01. The van der Waals surface area contributed by atoms with Crippen molar-refractivity contribution >= 4 is 29.4 Å². The van der Waals surface area contributed by atoms with E-state index in [4.69, 9.17) is 31.5 Å². The summed E-state index contributed by atoms with van der Waals surface area (Å²) in [5.74, 6) is -1.27. The van der Waals surface area contributed by atoms with E-state index in [1.165, 1.54) is 24.1 Å². The second-order valence-corrected chi connectivity index (χ2v) is 7.22. The van der Waals surface area contributed by atoms with E-state index in [1.807, 2.05) is 13.8 Å². The first-order valence-corrected chi connectivity index (χ1v) is 9.39. The normalized spacial score (nSPS) is 16.6. The fraction of sp³-hybridized carbons (Fsp3) is 0.526. The van der Waals surface area contributed by atoms with E-state index in [-0.39, 0.29) is 35.1 Å². The van der Waals surface area contributed by atoms with Crippen LogP contribution in [0.2, 0.25) is 5.02 Å². The first kappa shape index (κ1) is 21.8. The Morgan fingerprint density at radius 2 is 2.04 bits per heavy atom. The smallest absolute Gasteiger partial charge is 0.338 e. The van der Waals surface area contributed by atoms with Crippen molar-refractivity contribution in [1.29, 1.82) is 0 Å². The Morgan fingerprint density at radius 3 is 2.64 bits per heavy atom. The van der Waals surface area contributed by atoms with E-state index in [0.29, 0.717) is 30.9 Å². The summed E-state index contributed by atoms with van der Waals surface area (Å²) in [5, 5.41) is 0.201. The molecule has 1 fully saturated rings. The maximum atomic E-state index is 12.3. The molecule has 1 heterocycles. The summed E-state index contributed by atoms with van der Waals surface area (Å²) in [5.41, 5.74) is 5.45. The largest absolute Gasteiger partial charge is 0.493 e. The molecule has 2 amide bonds. The van der Waals surface area contributed by atoms with Gasteiger partial charge in [-0.3, -0.25) is 9.59 Å². The summed E-state index contributed by atoms with van der Waals surface area (Å²) in [6.07, 6.45) is 1.20. The summed E-state index contributed by atoms with van der Waals surface area (Å²) < 4.78 is 16.0. The van der Waals surface area contributed by atoms with Crippen LogP contribution in [0.3, 0.4) is 0 Å². The number of nitrogens with zero attached hydrogens (tertiary/aromatic N) is 1. The fourth-order valence-corrected chi connectivity index (χ4v) is 3.18. The van der Waals surface area contributed by atoms with Crippen molar-refractivity contribution in [2.24, 2.45) is 11.7 Å². The number of esters is 1. The molecule has 0 bridgehead atoms. The molecule has 1 aliphatic heterocycles. The molecular weight excluding hydrogens is 388 g/mol. The molecule has 28 heavy (non-hydrogen) atoms. The zero-order valence-corrected chi connectivity index (χ0v) is 17.0. The topological polar surface area (TPSA) is 108 Å². The van der Waals surface area contributed by atoms with Gasteiger partial charge in [-0.1, -0.05) is 11.6 Å². The molecular formula is C19H25ClN2O6. The summed E-state index contributed by atoms with van der Waals surface area (Å²) in [7, 11) is 1.43. The fourth-order valence-electron chi connectivity index (χ4n) is 2.93. The van der Waals surface area contributed by atoms with Gasteiger partial charge in [0, 0.05) is 13.1 Å². The molecule has 0 spiro atoms. The van der Waals surface area contributed by atoms with Crippen LogP contribution >= 0.6 is 11.6 Å². The maximum Gasteiger partial charge on any atom is 0.338 e. The molecule has 0 aliphatic carbocycles. The van der Waals surface area contributed by atoms with Crippen LogP contribution in [-0.4, -0.2) is 55.6 Å². The van der Waals surface area contributed by atoms with E-state index in [9.17, 15) is 14.4 Å². The Labute approximate surface area is 168 Å².